The van der Waals surface area contributed by atoms with Crippen LogP contribution in [0.5, 0.6) is 5.75 Å². The number of fused-ring (bicyclic) bond motifs is 1. The van der Waals surface area contributed by atoms with Crippen LogP contribution in [0.2, 0.25) is 0 Å². The van der Waals surface area contributed by atoms with E-state index >= 15 is 0 Å². The Hall–Kier alpha value is -2.88. The lowest BCUT2D eigenvalue weighted by Crippen LogP contribution is -2.32. The molecule has 26 heavy (non-hydrogen) atoms. The fourth-order valence-corrected chi connectivity index (χ4v) is 2.86. The van der Waals surface area contributed by atoms with Gasteiger partial charge in [-0.3, -0.25) is 4.79 Å². The highest BCUT2D eigenvalue weighted by Gasteiger charge is 2.16. The van der Waals surface area contributed by atoms with Crippen molar-refractivity contribution in [2.45, 2.75) is 33.2 Å². The molecule has 0 spiro atoms. The molecule has 0 aliphatic carbocycles. The van der Waals surface area contributed by atoms with Gasteiger partial charge in [0.25, 0.3) is 5.91 Å². The van der Waals surface area contributed by atoms with Gasteiger partial charge >= 0.3 is 0 Å². The molecule has 1 atom stereocenters. The maximum absolute atomic E-state index is 12.9. The average Bonchev–Trinajstić information content (AvgIpc) is 2.66. The fourth-order valence-electron chi connectivity index (χ4n) is 2.86. The van der Waals surface area contributed by atoms with Crippen LogP contribution >= 0.6 is 0 Å². The Morgan fingerprint density at radius 2 is 2.00 bits per heavy atom. The summed E-state index contributed by atoms with van der Waals surface area (Å²) in [5.74, 6) is 0.695. The van der Waals surface area contributed by atoms with Crippen LogP contribution in [0.1, 0.15) is 36.2 Å². The van der Waals surface area contributed by atoms with E-state index in [1.807, 2.05) is 62.4 Å². The van der Waals surface area contributed by atoms with E-state index < -0.39 is 0 Å². The Bertz CT molecular complexity index is 950. The third-order valence-electron chi connectivity index (χ3n) is 4.56. The van der Waals surface area contributed by atoms with Crippen molar-refractivity contribution in [3.8, 4) is 17.0 Å². The third kappa shape index (κ3) is 3.69. The van der Waals surface area contributed by atoms with Gasteiger partial charge in [0.15, 0.2) is 0 Å². The van der Waals surface area contributed by atoms with Crippen LogP contribution in [-0.4, -0.2) is 24.0 Å². The second-order valence-electron chi connectivity index (χ2n) is 6.59. The molecule has 0 bridgehead atoms. The summed E-state index contributed by atoms with van der Waals surface area (Å²) in [6.45, 7) is 6.09. The minimum absolute atomic E-state index is 0.0681. The number of rotatable bonds is 5. The summed E-state index contributed by atoms with van der Waals surface area (Å²) in [5.41, 5.74) is 4.24. The number of aromatic nitrogens is 1. The summed E-state index contributed by atoms with van der Waals surface area (Å²) in [5, 5.41) is 3.94. The van der Waals surface area contributed by atoms with Gasteiger partial charge in [-0.2, -0.15) is 0 Å². The van der Waals surface area contributed by atoms with Crippen molar-refractivity contribution in [3.63, 3.8) is 0 Å². The highest BCUT2D eigenvalue weighted by Crippen LogP contribution is 2.28. The molecule has 1 heterocycles. The van der Waals surface area contributed by atoms with E-state index in [-0.39, 0.29) is 11.9 Å². The minimum Gasteiger partial charge on any atom is -0.497 e. The first kappa shape index (κ1) is 17.9. The van der Waals surface area contributed by atoms with Crippen molar-refractivity contribution in [1.29, 1.82) is 0 Å². The molecule has 3 aromatic rings. The zero-order valence-corrected chi connectivity index (χ0v) is 15.7. The van der Waals surface area contributed by atoms with Gasteiger partial charge in [-0.1, -0.05) is 30.7 Å². The minimum atomic E-state index is -0.0681. The number of methoxy groups -OCH3 is 1. The Kier molecular flexibility index (Phi) is 5.21. The SMILES string of the molecule is CC[C@@H](C)NC(=O)c1cc(-c2cccc(OC)c2)nc2ccc(C)cc12. The molecule has 0 fully saturated rings. The standard InChI is InChI=1S/C22H24N2O2/c1-5-15(3)23-22(25)19-13-21(16-7-6-8-17(12-16)26-4)24-20-10-9-14(2)11-18(19)20/h6-13,15H,5H2,1-4H3,(H,23,25)/t15-/m1/s1. The summed E-state index contributed by atoms with van der Waals surface area (Å²) in [6.07, 6.45) is 0.885. The van der Waals surface area contributed by atoms with Crippen LogP contribution < -0.4 is 10.1 Å². The van der Waals surface area contributed by atoms with Crippen LogP contribution in [0.3, 0.4) is 0 Å². The van der Waals surface area contributed by atoms with E-state index in [9.17, 15) is 4.79 Å². The first-order valence-corrected chi connectivity index (χ1v) is 8.88. The Morgan fingerprint density at radius 1 is 1.19 bits per heavy atom. The van der Waals surface area contributed by atoms with E-state index in [2.05, 4.69) is 12.2 Å². The monoisotopic (exact) mass is 348 g/mol. The quantitative estimate of drug-likeness (QED) is 0.724. The molecule has 3 rings (SSSR count). The maximum atomic E-state index is 12.9. The number of aryl methyl sites for hydroxylation is 1. The fraction of sp³-hybridized carbons (Fsp3) is 0.273. The van der Waals surface area contributed by atoms with Gasteiger partial charge in [-0.05, 0) is 50.6 Å². The van der Waals surface area contributed by atoms with E-state index in [4.69, 9.17) is 9.72 Å². The highest BCUT2D eigenvalue weighted by atomic mass is 16.5. The molecule has 0 aliphatic rings. The maximum Gasteiger partial charge on any atom is 0.252 e. The number of ether oxygens (including phenoxy) is 1. The summed E-state index contributed by atoms with van der Waals surface area (Å²) >= 11 is 0. The smallest absolute Gasteiger partial charge is 0.252 e. The molecule has 4 heteroatoms. The van der Waals surface area contributed by atoms with Crippen molar-refractivity contribution >= 4 is 16.8 Å². The molecule has 1 amide bonds. The molecule has 0 saturated carbocycles. The van der Waals surface area contributed by atoms with Crippen LogP contribution in [0.25, 0.3) is 22.2 Å². The molecule has 0 radical (unpaired) electrons. The second kappa shape index (κ2) is 7.56. The molecular weight excluding hydrogens is 324 g/mol. The lowest BCUT2D eigenvalue weighted by molar-refractivity contribution is 0.0941. The first-order valence-electron chi connectivity index (χ1n) is 8.88. The van der Waals surface area contributed by atoms with Crippen molar-refractivity contribution < 1.29 is 9.53 Å². The van der Waals surface area contributed by atoms with Gasteiger partial charge in [0.05, 0.1) is 23.9 Å². The number of carbonyl (C=O) groups excluding carboxylic acids is 1. The van der Waals surface area contributed by atoms with E-state index in [0.29, 0.717) is 5.56 Å². The number of benzene rings is 2. The normalized spacial score (nSPS) is 12.0. The molecule has 1 aromatic heterocycles. The number of hydrogen-bond acceptors (Lipinski definition) is 3. The van der Waals surface area contributed by atoms with Gasteiger partial charge in [0.2, 0.25) is 0 Å². The van der Waals surface area contributed by atoms with Gasteiger partial charge in [0, 0.05) is 17.0 Å². The van der Waals surface area contributed by atoms with E-state index in [1.54, 1.807) is 7.11 Å². The van der Waals surface area contributed by atoms with Gasteiger partial charge in [-0.15, -0.1) is 0 Å². The number of carbonyl (C=O) groups is 1. The van der Waals surface area contributed by atoms with Crippen LogP contribution in [0.4, 0.5) is 0 Å². The van der Waals surface area contributed by atoms with Crippen LogP contribution in [0.15, 0.2) is 48.5 Å². The number of amides is 1. The molecule has 1 N–H and O–H groups in total. The van der Waals surface area contributed by atoms with Crippen molar-refractivity contribution in [2.75, 3.05) is 7.11 Å². The highest BCUT2D eigenvalue weighted by molar-refractivity contribution is 6.07. The molecular formula is C22H24N2O2. The molecule has 4 nitrogen and oxygen atoms in total. The lowest BCUT2D eigenvalue weighted by atomic mass is 10.0. The van der Waals surface area contributed by atoms with E-state index in [1.165, 1.54) is 0 Å². The number of nitrogens with zero attached hydrogens (tertiary/aromatic N) is 1. The van der Waals surface area contributed by atoms with Crippen molar-refractivity contribution in [2.24, 2.45) is 0 Å². The predicted molar refractivity (Wildman–Crippen MR) is 106 cm³/mol. The van der Waals surface area contributed by atoms with Crippen LogP contribution in [-0.2, 0) is 0 Å². The number of hydrogen-bond donors (Lipinski definition) is 1. The molecule has 0 aliphatic heterocycles. The number of nitrogens with one attached hydrogen (secondary N) is 1. The molecule has 2 aromatic carbocycles. The largest absolute Gasteiger partial charge is 0.497 e. The zero-order chi connectivity index (χ0) is 18.7. The first-order chi connectivity index (χ1) is 12.5. The zero-order valence-electron chi connectivity index (χ0n) is 15.7. The number of pyridine rings is 1. The van der Waals surface area contributed by atoms with Gasteiger partial charge < -0.3 is 10.1 Å². The lowest BCUT2D eigenvalue weighted by Gasteiger charge is -2.14. The average molecular weight is 348 g/mol. The Morgan fingerprint density at radius 3 is 2.73 bits per heavy atom. The van der Waals surface area contributed by atoms with E-state index in [0.717, 1.165) is 39.9 Å². The summed E-state index contributed by atoms with van der Waals surface area (Å²) in [7, 11) is 1.64. The molecule has 134 valence electrons. The second-order valence-corrected chi connectivity index (χ2v) is 6.59. The summed E-state index contributed by atoms with van der Waals surface area (Å²) in [6, 6.07) is 15.7. The van der Waals surface area contributed by atoms with Crippen molar-refractivity contribution in [1.82, 2.24) is 10.3 Å². The van der Waals surface area contributed by atoms with Crippen molar-refractivity contribution in [3.05, 3.63) is 59.7 Å². The Labute approximate surface area is 154 Å². The summed E-state index contributed by atoms with van der Waals surface area (Å²) in [4.78, 5) is 17.7. The topological polar surface area (TPSA) is 51.2 Å². The predicted octanol–water partition coefficient (Wildman–Crippen LogP) is 4.75. The molecule has 0 unspecified atom stereocenters. The Balaban J connectivity index is 2.17. The summed E-state index contributed by atoms with van der Waals surface area (Å²) < 4.78 is 5.32. The van der Waals surface area contributed by atoms with Gasteiger partial charge in [0.1, 0.15) is 5.75 Å². The third-order valence-corrected chi connectivity index (χ3v) is 4.56. The van der Waals surface area contributed by atoms with Crippen LogP contribution in [0, 0.1) is 6.92 Å². The molecule has 0 saturated heterocycles. The van der Waals surface area contributed by atoms with Gasteiger partial charge in [-0.25, -0.2) is 4.98 Å².